The Balaban J connectivity index is 1.70. The van der Waals surface area contributed by atoms with Gasteiger partial charge in [-0.1, -0.05) is 19.1 Å². The molecule has 0 radical (unpaired) electrons. The Kier molecular flexibility index (Phi) is 5.41. The lowest BCUT2D eigenvalue weighted by atomic mass is 10.1. The number of carbonyl (C=O) groups excluding carboxylic acids is 1. The number of fused-ring (bicyclic) bond motifs is 1. The van der Waals surface area contributed by atoms with Crippen molar-refractivity contribution in [2.45, 2.75) is 33.7 Å². The normalized spacial score (nSPS) is 11.0. The Morgan fingerprint density at radius 1 is 1.17 bits per heavy atom. The molecule has 7 nitrogen and oxygen atoms in total. The van der Waals surface area contributed by atoms with Crippen LogP contribution in [-0.2, 0) is 17.8 Å². The van der Waals surface area contributed by atoms with E-state index < -0.39 is 0 Å². The second kappa shape index (κ2) is 8.16. The lowest BCUT2D eigenvalue weighted by Gasteiger charge is -2.12. The van der Waals surface area contributed by atoms with Crippen molar-refractivity contribution in [1.82, 2.24) is 18.9 Å². The quantitative estimate of drug-likeness (QED) is 0.532. The summed E-state index contributed by atoms with van der Waals surface area (Å²) in [6.45, 7) is 5.76. The number of anilines is 1. The Bertz CT molecular complexity index is 1270. The molecule has 0 saturated heterocycles. The first kappa shape index (κ1) is 19.9. The Labute approximate surface area is 177 Å². The maximum Gasteiger partial charge on any atom is 0.273 e. The third-order valence-electron chi connectivity index (χ3n) is 4.69. The van der Waals surface area contributed by atoms with Crippen LogP contribution >= 0.6 is 11.5 Å². The fourth-order valence-corrected chi connectivity index (χ4v) is 4.23. The molecule has 30 heavy (non-hydrogen) atoms. The number of aromatic nitrogens is 4. The molecule has 0 aliphatic heterocycles. The summed E-state index contributed by atoms with van der Waals surface area (Å²) in [4.78, 5) is 34.8. The predicted octanol–water partition coefficient (Wildman–Crippen LogP) is 3.73. The summed E-state index contributed by atoms with van der Waals surface area (Å²) in [6.07, 6.45) is 2.19. The van der Waals surface area contributed by atoms with E-state index in [1.54, 1.807) is 6.20 Å². The second-order valence-corrected chi connectivity index (χ2v) is 7.89. The standard InChI is InChI=1S/C22H21N5O2S/c1-4-17-25-20-19(16-7-5-6-8-23-16)26-30-21(20)22(29)27(17)12-18(28)24-15-10-13(2)9-14(3)11-15/h5-11H,4,12H2,1-3H3,(H,24,28). The van der Waals surface area contributed by atoms with Crippen molar-refractivity contribution in [2.75, 3.05) is 5.32 Å². The molecule has 8 heteroatoms. The van der Waals surface area contributed by atoms with Crippen LogP contribution in [0, 0.1) is 13.8 Å². The van der Waals surface area contributed by atoms with Crippen molar-refractivity contribution in [3.05, 3.63) is 69.9 Å². The van der Waals surface area contributed by atoms with Crippen molar-refractivity contribution in [2.24, 2.45) is 0 Å². The number of rotatable bonds is 5. The molecule has 0 spiro atoms. The van der Waals surface area contributed by atoms with Crippen LogP contribution in [0.2, 0.25) is 0 Å². The fourth-order valence-electron chi connectivity index (χ4n) is 3.45. The van der Waals surface area contributed by atoms with Crippen LogP contribution in [0.5, 0.6) is 0 Å². The van der Waals surface area contributed by atoms with Gasteiger partial charge in [-0.25, -0.2) is 4.98 Å². The molecule has 3 aromatic heterocycles. The number of benzene rings is 1. The number of nitrogens with zero attached hydrogens (tertiary/aromatic N) is 4. The number of amides is 1. The molecule has 1 aromatic carbocycles. The minimum Gasteiger partial charge on any atom is -0.325 e. The van der Waals surface area contributed by atoms with E-state index in [9.17, 15) is 9.59 Å². The molecule has 0 aliphatic rings. The lowest BCUT2D eigenvalue weighted by Crippen LogP contribution is -2.30. The summed E-state index contributed by atoms with van der Waals surface area (Å²) in [5.74, 6) is 0.271. The summed E-state index contributed by atoms with van der Waals surface area (Å²) in [5, 5.41) is 2.88. The van der Waals surface area contributed by atoms with Gasteiger partial charge >= 0.3 is 0 Å². The average molecular weight is 420 g/mol. The average Bonchev–Trinajstić information content (AvgIpc) is 3.14. The topological polar surface area (TPSA) is 89.8 Å². The van der Waals surface area contributed by atoms with Gasteiger partial charge in [0.05, 0.1) is 5.69 Å². The van der Waals surface area contributed by atoms with E-state index in [0.29, 0.717) is 39.5 Å². The Hall–Kier alpha value is -3.39. The van der Waals surface area contributed by atoms with Gasteiger partial charge in [-0.05, 0) is 60.8 Å². The molecule has 1 N–H and O–H groups in total. The van der Waals surface area contributed by atoms with Crippen LogP contribution < -0.4 is 10.9 Å². The molecule has 0 bridgehead atoms. The number of hydrogen-bond acceptors (Lipinski definition) is 6. The Morgan fingerprint density at radius 3 is 2.60 bits per heavy atom. The Morgan fingerprint density at radius 2 is 1.93 bits per heavy atom. The van der Waals surface area contributed by atoms with E-state index in [1.807, 2.05) is 57.2 Å². The maximum absolute atomic E-state index is 13.1. The molecule has 0 saturated carbocycles. The summed E-state index contributed by atoms with van der Waals surface area (Å²) < 4.78 is 6.27. The lowest BCUT2D eigenvalue weighted by molar-refractivity contribution is -0.116. The summed E-state index contributed by atoms with van der Waals surface area (Å²) in [6, 6.07) is 11.4. The van der Waals surface area contributed by atoms with Crippen molar-refractivity contribution in [3.63, 3.8) is 0 Å². The molecule has 152 valence electrons. The van der Waals surface area contributed by atoms with Crippen molar-refractivity contribution >= 4 is 33.3 Å². The third-order valence-corrected chi connectivity index (χ3v) is 5.51. The smallest absolute Gasteiger partial charge is 0.273 e. The number of hydrogen-bond donors (Lipinski definition) is 1. The molecule has 3 heterocycles. The van der Waals surface area contributed by atoms with E-state index in [1.165, 1.54) is 4.57 Å². The third kappa shape index (κ3) is 3.86. The van der Waals surface area contributed by atoms with Crippen LogP contribution in [0.3, 0.4) is 0 Å². The van der Waals surface area contributed by atoms with Crippen molar-refractivity contribution in [1.29, 1.82) is 0 Å². The van der Waals surface area contributed by atoms with E-state index >= 15 is 0 Å². The van der Waals surface area contributed by atoms with Gasteiger partial charge < -0.3 is 5.32 Å². The first-order valence-electron chi connectivity index (χ1n) is 9.65. The van der Waals surface area contributed by atoms with Crippen LogP contribution in [0.25, 0.3) is 21.6 Å². The first-order valence-corrected chi connectivity index (χ1v) is 10.4. The largest absolute Gasteiger partial charge is 0.325 e. The highest BCUT2D eigenvalue weighted by atomic mass is 32.1. The fraction of sp³-hybridized carbons (Fsp3) is 0.227. The minimum absolute atomic E-state index is 0.102. The first-order chi connectivity index (χ1) is 14.5. The van der Waals surface area contributed by atoms with Gasteiger partial charge in [-0.2, -0.15) is 4.37 Å². The van der Waals surface area contributed by atoms with Gasteiger partial charge in [-0.3, -0.25) is 19.1 Å². The predicted molar refractivity (Wildman–Crippen MR) is 119 cm³/mol. The van der Waals surface area contributed by atoms with Gasteiger partial charge in [0.25, 0.3) is 5.56 Å². The molecule has 0 aliphatic carbocycles. The zero-order valence-electron chi connectivity index (χ0n) is 17.0. The molecule has 1 amide bonds. The van der Waals surface area contributed by atoms with Crippen LogP contribution in [0.15, 0.2) is 47.4 Å². The van der Waals surface area contributed by atoms with E-state index in [4.69, 9.17) is 0 Å². The van der Waals surface area contributed by atoms with E-state index in [-0.39, 0.29) is 18.0 Å². The molecule has 0 atom stereocenters. The van der Waals surface area contributed by atoms with Crippen molar-refractivity contribution < 1.29 is 4.79 Å². The van der Waals surface area contributed by atoms with Crippen LogP contribution in [0.1, 0.15) is 23.9 Å². The zero-order valence-corrected chi connectivity index (χ0v) is 17.8. The highest BCUT2D eigenvalue weighted by molar-refractivity contribution is 7.13. The SMILES string of the molecule is CCc1nc2c(-c3ccccn3)nsc2c(=O)n1CC(=O)Nc1cc(C)cc(C)c1. The number of nitrogens with one attached hydrogen (secondary N) is 1. The minimum atomic E-state index is -0.271. The summed E-state index contributed by atoms with van der Waals surface area (Å²) in [7, 11) is 0. The molecular weight excluding hydrogens is 398 g/mol. The maximum atomic E-state index is 13.1. The summed E-state index contributed by atoms with van der Waals surface area (Å²) in [5.41, 5.74) is 4.38. The number of carbonyl (C=O) groups is 1. The summed E-state index contributed by atoms with van der Waals surface area (Å²) >= 11 is 1.09. The zero-order chi connectivity index (χ0) is 21.3. The highest BCUT2D eigenvalue weighted by Gasteiger charge is 2.19. The molecule has 0 unspecified atom stereocenters. The number of pyridine rings is 1. The molecule has 4 aromatic rings. The van der Waals surface area contributed by atoms with E-state index in [0.717, 1.165) is 22.7 Å². The second-order valence-electron chi connectivity index (χ2n) is 7.12. The monoisotopic (exact) mass is 419 g/mol. The van der Waals surface area contributed by atoms with Crippen molar-refractivity contribution in [3.8, 4) is 11.4 Å². The molecule has 4 rings (SSSR count). The molecular formula is C22H21N5O2S. The van der Waals surface area contributed by atoms with Gasteiger partial charge in [0.2, 0.25) is 5.91 Å². The number of aryl methyl sites for hydroxylation is 3. The van der Waals surface area contributed by atoms with Gasteiger partial charge in [0, 0.05) is 18.3 Å². The van der Waals surface area contributed by atoms with Crippen LogP contribution in [-0.4, -0.2) is 24.8 Å². The van der Waals surface area contributed by atoms with Gasteiger partial charge in [0.1, 0.15) is 28.3 Å². The van der Waals surface area contributed by atoms with E-state index in [2.05, 4.69) is 19.7 Å². The van der Waals surface area contributed by atoms with Crippen LogP contribution in [0.4, 0.5) is 5.69 Å². The van der Waals surface area contributed by atoms with Gasteiger partial charge in [0.15, 0.2) is 0 Å². The highest BCUT2D eigenvalue weighted by Crippen LogP contribution is 2.26. The molecule has 0 fully saturated rings. The van der Waals surface area contributed by atoms with Gasteiger partial charge in [-0.15, -0.1) is 0 Å².